The third-order valence-electron chi connectivity index (χ3n) is 2.67. The van der Waals surface area contributed by atoms with Crippen molar-refractivity contribution in [3.05, 3.63) is 47.5 Å². The van der Waals surface area contributed by atoms with Gasteiger partial charge < -0.3 is 10.1 Å². The fourth-order valence-electron chi connectivity index (χ4n) is 1.88. The van der Waals surface area contributed by atoms with Crippen LogP contribution in [-0.2, 0) is 6.61 Å². The number of nitrogens with one attached hydrogen (secondary N) is 1. The molecule has 0 amide bonds. The Labute approximate surface area is 97.2 Å². The molecule has 0 bridgehead atoms. The monoisotopic (exact) mass is 229 g/mol. The maximum atomic E-state index is 9.06. The molecule has 0 atom stereocenters. The van der Waals surface area contributed by atoms with Gasteiger partial charge in [-0.15, -0.1) is 11.3 Å². The standard InChI is InChI=1S/C13H11NOS/c15-8-9-5-6-13(16-9)11-7-14-12-4-2-1-3-10(11)12/h1-7,14-15H,8H2. The van der Waals surface area contributed by atoms with Crippen LogP contribution in [0, 0.1) is 0 Å². The number of aromatic nitrogens is 1. The van der Waals surface area contributed by atoms with Crippen molar-refractivity contribution in [2.45, 2.75) is 6.61 Å². The molecule has 16 heavy (non-hydrogen) atoms. The van der Waals surface area contributed by atoms with Crippen molar-refractivity contribution < 1.29 is 5.11 Å². The zero-order valence-electron chi connectivity index (χ0n) is 8.60. The van der Waals surface area contributed by atoms with E-state index in [1.807, 2.05) is 24.4 Å². The van der Waals surface area contributed by atoms with E-state index in [0.717, 1.165) is 10.4 Å². The molecule has 0 saturated carbocycles. The maximum Gasteiger partial charge on any atom is 0.0774 e. The van der Waals surface area contributed by atoms with Gasteiger partial charge in [0.2, 0.25) is 0 Å². The van der Waals surface area contributed by atoms with Gasteiger partial charge in [-0.2, -0.15) is 0 Å². The van der Waals surface area contributed by atoms with Crippen LogP contribution in [0.2, 0.25) is 0 Å². The summed E-state index contributed by atoms with van der Waals surface area (Å²) in [5, 5.41) is 10.3. The SMILES string of the molecule is OCc1ccc(-c2c[nH]c3ccccc23)s1. The highest BCUT2D eigenvalue weighted by Gasteiger charge is 2.07. The Morgan fingerprint density at radius 2 is 2.00 bits per heavy atom. The summed E-state index contributed by atoms with van der Waals surface area (Å²) in [4.78, 5) is 5.45. The average Bonchev–Trinajstić information content (AvgIpc) is 2.94. The van der Waals surface area contributed by atoms with E-state index in [1.165, 1.54) is 15.8 Å². The Bertz CT molecular complexity index is 623. The lowest BCUT2D eigenvalue weighted by molar-refractivity contribution is 0.285. The lowest BCUT2D eigenvalue weighted by Crippen LogP contribution is -1.70. The molecule has 0 saturated heterocycles. The average molecular weight is 229 g/mol. The fraction of sp³-hybridized carbons (Fsp3) is 0.0769. The number of hydrogen-bond donors (Lipinski definition) is 2. The van der Waals surface area contributed by atoms with Crippen molar-refractivity contribution >= 4 is 22.2 Å². The zero-order chi connectivity index (χ0) is 11.0. The number of thiophene rings is 1. The molecule has 0 fully saturated rings. The van der Waals surface area contributed by atoms with Gasteiger partial charge in [0.1, 0.15) is 0 Å². The zero-order valence-corrected chi connectivity index (χ0v) is 9.42. The third kappa shape index (κ3) is 1.45. The van der Waals surface area contributed by atoms with Crippen molar-refractivity contribution in [1.82, 2.24) is 4.98 Å². The number of hydrogen-bond acceptors (Lipinski definition) is 2. The van der Waals surface area contributed by atoms with Crippen LogP contribution < -0.4 is 0 Å². The number of para-hydroxylation sites is 1. The molecule has 0 aliphatic heterocycles. The van der Waals surface area contributed by atoms with E-state index in [0.29, 0.717) is 0 Å². The summed E-state index contributed by atoms with van der Waals surface area (Å²) in [5.74, 6) is 0. The molecule has 2 N–H and O–H groups in total. The molecular formula is C13H11NOS. The lowest BCUT2D eigenvalue weighted by atomic mass is 10.1. The van der Waals surface area contributed by atoms with Crippen LogP contribution >= 0.6 is 11.3 Å². The second kappa shape index (κ2) is 3.77. The summed E-state index contributed by atoms with van der Waals surface area (Å²) < 4.78 is 0. The van der Waals surface area contributed by atoms with E-state index in [-0.39, 0.29) is 6.61 Å². The molecule has 0 radical (unpaired) electrons. The molecule has 3 rings (SSSR count). The molecule has 3 heteroatoms. The van der Waals surface area contributed by atoms with Gasteiger partial charge in [-0.25, -0.2) is 0 Å². The summed E-state index contributed by atoms with van der Waals surface area (Å²) in [6, 6.07) is 12.3. The Kier molecular flexibility index (Phi) is 2.27. The van der Waals surface area contributed by atoms with Crippen molar-refractivity contribution in [3.8, 4) is 10.4 Å². The van der Waals surface area contributed by atoms with Crippen LogP contribution in [-0.4, -0.2) is 10.1 Å². The summed E-state index contributed by atoms with van der Waals surface area (Å²) >= 11 is 1.64. The van der Waals surface area contributed by atoms with E-state index < -0.39 is 0 Å². The highest BCUT2D eigenvalue weighted by atomic mass is 32.1. The van der Waals surface area contributed by atoms with E-state index in [1.54, 1.807) is 11.3 Å². The van der Waals surface area contributed by atoms with Gasteiger partial charge in [0.15, 0.2) is 0 Å². The van der Waals surface area contributed by atoms with Gasteiger partial charge in [0.05, 0.1) is 6.61 Å². The lowest BCUT2D eigenvalue weighted by Gasteiger charge is -1.94. The van der Waals surface area contributed by atoms with Crippen LogP contribution in [0.15, 0.2) is 42.6 Å². The maximum absolute atomic E-state index is 9.06. The summed E-state index contributed by atoms with van der Waals surface area (Å²) in [7, 11) is 0. The molecule has 2 nitrogen and oxygen atoms in total. The number of fused-ring (bicyclic) bond motifs is 1. The molecule has 80 valence electrons. The van der Waals surface area contributed by atoms with Crippen LogP contribution in [0.4, 0.5) is 0 Å². The predicted molar refractivity (Wildman–Crippen MR) is 67.5 cm³/mol. The van der Waals surface area contributed by atoms with Gasteiger partial charge in [0.25, 0.3) is 0 Å². The number of aliphatic hydroxyl groups excluding tert-OH is 1. The molecule has 0 aliphatic rings. The van der Waals surface area contributed by atoms with E-state index in [2.05, 4.69) is 23.2 Å². The van der Waals surface area contributed by atoms with Gasteiger partial charge in [0, 0.05) is 32.4 Å². The first kappa shape index (κ1) is 9.63. The minimum Gasteiger partial charge on any atom is -0.391 e. The van der Waals surface area contributed by atoms with Gasteiger partial charge >= 0.3 is 0 Å². The van der Waals surface area contributed by atoms with Crippen molar-refractivity contribution in [3.63, 3.8) is 0 Å². The summed E-state index contributed by atoms with van der Waals surface area (Å²) in [6.07, 6.45) is 2.03. The summed E-state index contributed by atoms with van der Waals surface area (Å²) in [6.45, 7) is 0.118. The number of aromatic amines is 1. The van der Waals surface area contributed by atoms with Gasteiger partial charge in [-0.1, -0.05) is 18.2 Å². The van der Waals surface area contributed by atoms with Crippen LogP contribution in [0.3, 0.4) is 0 Å². The van der Waals surface area contributed by atoms with Crippen molar-refractivity contribution in [2.24, 2.45) is 0 Å². The predicted octanol–water partition coefficient (Wildman–Crippen LogP) is 3.39. The van der Waals surface area contributed by atoms with Crippen molar-refractivity contribution in [2.75, 3.05) is 0 Å². The third-order valence-corrected chi connectivity index (χ3v) is 3.78. The van der Waals surface area contributed by atoms with Gasteiger partial charge in [-0.3, -0.25) is 0 Å². The highest BCUT2D eigenvalue weighted by Crippen LogP contribution is 2.33. The topological polar surface area (TPSA) is 36.0 Å². The smallest absolute Gasteiger partial charge is 0.0774 e. The molecule has 0 aliphatic carbocycles. The van der Waals surface area contributed by atoms with E-state index in [9.17, 15) is 0 Å². The Hall–Kier alpha value is -1.58. The largest absolute Gasteiger partial charge is 0.391 e. The number of benzene rings is 1. The quantitative estimate of drug-likeness (QED) is 0.694. The molecular weight excluding hydrogens is 218 g/mol. The molecule has 3 aromatic rings. The van der Waals surface area contributed by atoms with Crippen molar-refractivity contribution in [1.29, 1.82) is 0 Å². The van der Waals surface area contributed by atoms with Crippen LogP contribution in [0.25, 0.3) is 21.3 Å². The molecule has 2 aromatic heterocycles. The van der Waals surface area contributed by atoms with Crippen LogP contribution in [0.5, 0.6) is 0 Å². The fourth-order valence-corrected chi connectivity index (χ4v) is 2.78. The summed E-state index contributed by atoms with van der Waals surface area (Å²) in [5.41, 5.74) is 2.36. The minimum absolute atomic E-state index is 0.118. The first-order valence-electron chi connectivity index (χ1n) is 5.14. The molecule has 0 spiro atoms. The molecule has 1 aromatic carbocycles. The van der Waals surface area contributed by atoms with Gasteiger partial charge in [-0.05, 0) is 18.2 Å². The first-order chi connectivity index (χ1) is 7.88. The number of H-pyrrole nitrogens is 1. The number of aliphatic hydroxyl groups is 1. The Morgan fingerprint density at radius 1 is 1.12 bits per heavy atom. The van der Waals surface area contributed by atoms with E-state index >= 15 is 0 Å². The highest BCUT2D eigenvalue weighted by molar-refractivity contribution is 7.15. The minimum atomic E-state index is 0.118. The normalized spacial score (nSPS) is 11.1. The first-order valence-corrected chi connectivity index (χ1v) is 5.96. The molecule has 2 heterocycles. The van der Waals surface area contributed by atoms with E-state index in [4.69, 9.17) is 5.11 Å². The van der Waals surface area contributed by atoms with Crippen LogP contribution in [0.1, 0.15) is 4.88 Å². The Morgan fingerprint density at radius 3 is 2.81 bits per heavy atom. The Balaban J connectivity index is 2.18. The molecule has 0 unspecified atom stereocenters. The number of rotatable bonds is 2. The second-order valence-electron chi connectivity index (χ2n) is 3.67. The second-order valence-corrected chi connectivity index (χ2v) is 4.84.